The minimum absolute atomic E-state index is 0.0573. The lowest BCUT2D eigenvalue weighted by Gasteiger charge is -2.43. The fourth-order valence-corrected chi connectivity index (χ4v) is 1.75. The molecular formula is C8H17NOS. The average molecular weight is 175 g/mol. The van der Waals surface area contributed by atoms with Crippen LogP contribution >= 0.6 is 12.6 Å². The second-order valence-electron chi connectivity index (χ2n) is 3.39. The first kappa shape index (κ1) is 9.36. The van der Waals surface area contributed by atoms with Gasteiger partial charge < -0.3 is 4.74 Å². The Morgan fingerprint density at radius 1 is 1.55 bits per heavy atom. The van der Waals surface area contributed by atoms with Gasteiger partial charge in [0.2, 0.25) is 0 Å². The van der Waals surface area contributed by atoms with Crippen molar-refractivity contribution in [3.63, 3.8) is 0 Å². The summed E-state index contributed by atoms with van der Waals surface area (Å²) < 4.78 is 5.54. The molecule has 0 amide bonds. The Kier molecular flexibility index (Phi) is 2.84. The van der Waals surface area contributed by atoms with E-state index >= 15 is 0 Å². The number of hydrogen-bond donors (Lipinski definition) is 1. The van der Waals surface area contributed by atoms with Gasteiger partial charge in [-0.05, 0) is 33.9 Å². The Balaban J connectivity index is 2.64. The molecule has 0 bridgehead atoms. The lowest BCUT2D eigenvalue weighted by atomic mass is 10.0. The van der Waals surface area contributed by atoms with Gasteiger partial charge in [0, 0.05) is 6.61 Å². The standard InChI is InChI=1S/C8H17NOS/c1-7-8(11,9(2)3)5-4-6-10-7/h7,11H,4-6H2,1-3H3/t7-,8+/m1/s1. The molecule has 66 valence electrons. The van der Waals surface area contributed by atoms with E-state index in [-0.39, 0.29) is 11.0 Å². The van der Waals surface area contributed by atoms with E-state index < -0.39 is 0 Å². The number of ether oxygens (including phenoxy) is 1. The van der Waals surface area contributed by atoms with Crippen LogP contribution in [0.15, 0.2) is 0 Å². The van der Waals surface area contributed by atoms with Gasteiger partial charge in [0.05, 0.1) is 11.0 Å². The predicted octanol–water partition coefficient (Wildman–Crippen LogP) is 1.37. The van der Waals surface area contributed by atoms with Gasteiger partial charge in [-0.15, -0.1) is 0 Å². The highest BCUT2D eigenvalue weighted by Crippen LogP contribution is 2.33. The van der Waals surface area contributed by atoms with Crippen molar-refractivity contribution in [1.82, 2.24) is 4.90 Å². The molecule has 1 aliphatic heterocycles. The molecule has 0 aromatic heterocycles. The maximum absolute atomic E-state index is 5.54. The lowest BCUT2D eigenvalue weighted by molar-refractivity contribution is -0.0421. The van der Waals surface area contributed by atoms with Crippen LogP contribution in [0, 0.1) is 0 Å². The van der Waals surface area contributed by atoms with Crippen molar-refractivity contribution in [3.8, 4) is 0 Å². The molecule has 1 aliphatic rings. The number of rotatable bonds is 1. The first-order valence-electron chi connectivity index (χ1n) is 4.09. The van der Waals surface area contributed by atoms with Crippen LogP contribution in [0.1, 0.15) is 19.8 Å². The van der Waals surface area contributed by atoms with E-state index in [1.54, 1.807) is 0 Å². The van der Waals surface area contributed by atoms with Crippen molar-refractivity contribution < 1.29 is 4.74 Å². The van der Waals surface area contributed by atoms with E-state index in [0.717, 1.165) is 19.4 Å². The van der Waals surface area contributed by atoms with Gasteiger partial charge in [0.25, 0.3) is 0 Å². The summed E-state index contributed by atoms with van der Waals surface area (Å²) in [6.07, 6.45) is 2.46. The highest BCUT2D eigenvalue weighted by molar-refractivity contribution is 7.81. The molecular weight excluding hydrogens is 158 g/mol. The molecule has 0 radical (unpaired) electrons. The van der Waals surface area contributed by atoms with E-state index in [1.165, 1.54) is 0 Å². The molecule has 2 atom stereocenters. The van der Waals surface area contributed by atoms with Gasteiger partial charge in [-0.1, -0.05) is 0 Å². The molecule has 2 nitrogen and oxygen atoms in total. The minimum Gasteiger partial charge on any atom is -0.376 e. The Bertz CT molecular complexity index is 140. The molecule has 3 heteroatoms. The topological polar surface area (TPSA) is 12.5 Å². The fraction of sp³-hybridized carbons (Fsp3) is 1.00. The summed E-state index contributed by atoms with van der Waals surface area (Å²) in [5, 5.41) is 0. The summed E-state index contributed by atoms with van der Waals surface area (Å²) in [6.45, 7) is 2.98. The highest BCUT2D eigenvalue weighted by atomic mass is 32.1. The molecule has 0 spiro atoms. The third-order valence-electron chi connectivity index (χ3n) is 2.48. The maximum atomic E-state index is 5.54. The summed E-state index contributed by atoms with van der Waals surface area (Å²) in [6, 6.07) is 0. The van der Waals surface area contributed by atoms with Gasteiger partial charge >= 0.3 is 0 Å². The van der Waals surface area contributed by atoms with Crippen LogP contribution < -0.4 is 0 Å². The summed E-state index contributed by atoms with van der Waals surface area (Å²) >= 11 is 4.64. The maximum Gasteiger partial charge on any atom is 0.0899 e. The molecule has 0 aromatic rings. The summed E-state index contributed by atoms with van der Waals surface area (Å²) in [5.74, 6) is 0. The van der Waals surface area contributed by atoms with Gasteiger partial charge in [-0.2, -0.15) is 12.6 Å². The zero-order valence-electron chi connectivity index (χ0n) is 7.50. The lowest BCUT2D eigenvalue weighted by Crippen LogP contribution is -2.51. The molecule has 1 heterocycles. The largest absolute Gasteiger partial charge is 0.376 e. The number of hydrogen-bond acceptors (Lipinski definition) is 3. The molecule has 0 N–H and O–H groups in total. The SMILES string of the molecule is C[C@H]1OCCC[C@@]1(S)N(C)C. The summed E-state index contributed by atoms with van der Waals surface area (Å²) in [5.41, 5.74) is 0. The Labute approximate surface area is 74.3 Å². The third-order valence-corrected chi connectivity index (χ3v) is 3.47. The van der Waals surface area contributed by atoms with E-state index in [2.05, 4.69) is 38.5 Å². The zero-order valence-corrected chi connectivity index (χ0v) is 8.40. The van der Waals surface area contributed by atoms with Crippen LogP contribution in [0.25, 0.3) is 0 Å². The van der Waals surface area contributed by atoms with Crippen molar-refractivity contribution in [1.29, 1.82) is 0 Å². The van der Waals surface area contributed by atoms with Gasteiger partial charge in [-0.25, -0.2) is 0 Å². The smallest absolute Gasteiger partial charge is 0.0899 e. The number of likely N-dealkylation sites (N-methyl/N-ethyl adjacent to an activating group) is 1. The minimum atomic E-state index is -0.0573. The van der Waals surface area contributed by atoms with Crippen LogP contribution in [0.3, 0.4) is 0 Å². The van der Waals surface area contributed by atoms with Crippen LogP contribution in [0.5, 0.6) is 0 Å². The second-order valence-corrected chi connectivity index (χ2v) is 4.16. The molecule has 0 aliphatic carbocycles. The van der Waals surface area contributed by atoms with Gasteiger partial charge in [-0.3, -0.25) is 4.90 Å². The van der Waals surface area contributed by atoms with Crippen LogP contribution in [0.2, 0.25) is 0 Å². The zero-order chi connectivity index (χ0) is 8.48. The van der Waals surface area contributed by atoms with Crippen LogP contribution in [-0.4, -0.2) is 36.6 Å². The van der Waals surface area contributed by atoms with Crippen molar-refractivity contribution in [2.75, 3.05) is 20.7 Å². The van der Waals surface area contributed by atoms with Crippen molar-refractivity contribution >= 4 is 12.6 Å². The fourth-order valence-electron chi connectivity index (χ4n) is 1.52. The van der Waals surface area contributed by atoms with E-state index in [4.69, 9.17) is 4.74 Å². The highest BCUT2D eigenvalue weighted by Gasteiger charge is 2.37. The first-order valence-corrected chi connectivity index (χ1v) is 4.53. The average Bonchev–Trinajstić information content (AvgIpc) is 1.95. The van der Waals surface area contributed by atoms with E-state index in [0.29, 0.717) is 0 Å². The molecule has 1 fully saturated rings. The third kappa shape index (κ3) is 1.71. The number of thiol groups is 1. The Morgan fingerprint density at radius 3 is 2.55 bits per heavy atom. The van der Waals surface area contributed by atoms with Crippen molar-refractivity contribution in [3.05, 3.63) is 0 Å². The van der Waals surface area contributed by atoms with E-state index in [1.807, 2.05) is 0 Å². The van der Waals surface area contributed by atoms with Crippen molar-refractivity contribution in [2.45, 2.75) is 30.7 Å². The molecule has 0 aromatic carbocycles. The Hall–Kier alpha value is 0.270. The van der Waals surface area contributed by atoms with Gasteiger partial charge in [0.1, 0.15) is 0 Å². The summed E-state index contributed by atoms with van der Waals surface area (Å²) in [4.78, 5) is 2.08. The quantitative estimate of drug-likeness (QED) is 0.477. The van der Waals surface area contributed by atoms with Crippen LogP contribution in [0.4, 0.5) is 0 Å². The monoisotopic (exact) mass is 175 g/mol. The second kappa shape index (κ2) is 3.33. The Morgan fingerprint density at radius 2 is 2.18 bits per heavy atom. The van der Waals surface area contributed by atoms with Crippen LogP contribution in [-0.2, 0) is 4.74 Å². The van der Waals surface area contributed by atoms with Crippen molar-refractivity contribution in [2.24, 2.45) is 0 Å². The molecule has 0 unspecified atom stereocenters. The number of nitrogens with zero attached hydrogens (tertiary/aromatic N) is 1. The molecule has 11 heavy (non-hydrogen) atoms. The first-order chi connectivity index (χ1) is 5.07. The van der Waals surface area contributed by atoms with Gasteiger partial charge in [0.15, 0.2) is 0 Å². The summed E-state index contributed by atoms with van der Waals surface area (Å²) in [7, 11) is 4.11. The molecule has 0 saturated carbocycles. The predicted molar refractivity (Wildman–Crippen MR) is 50.1 cm³/mol. The normalized spacial score (nSPS) is 39.5. The van der Waals surface area contributed by atoms with E-state index in [9.17, 15) is 0 Å². The molecule has 1 rings (SSSR count). The molecule has 1 saturated heterocycles.